The number of anilines is 1. The van der Waals surface area contributed by atoms with Crippen LogP contribution in [-0.2, 0) is 26.0 Å². The van der Waals surface area contributed by atoms with E-state index in [9.17, 15) is 18.0 Å². The molecule has 0 heterocycles. The van der Waals surface area contributed by atoms with Crippen molar-refractivity contribution in [1.29, 1.82) is 0 Å². The number of hydrogen-bond acceptors (Lipinski definition) is 5. The van der Waals surface area contributed by atoms with Crippen LogP contribution in [0.4, 0.5) is 5.69 Å². The lowest BCUT2D eigenvalue weighted by molar-refractivity contribution is -0.138. The number of unbranched alkanes of at least 4 members (excludes halogenated alkanes) is 1. The van der Waals surface area contributed by atoms with Crippen LogP contribution < -0.4 is 14.4 Å². The number of carbonyl (C=O) groups is 2. The zero-order chi connectivity index (χ0) is 26.0. The molecule has 1 atom stereocenters. The molecule has 2 amide bonds. The summed E-state index contributed by atoms with van der Waals surface area (Å²) >= 11 is 6.11. The van der Waals surface area contributed by atoms with Crippen LogP contribution in [0, 0.1) is 0 Å². The third-order valence-corrected chi connectivity index (χ3v) is 6.93. The van der Waals surface area contributed by atoms with Crippen LogP contribution in [0.2, 0.25) is 5.02 Å². The first-order valence-corrected chi connectivity index (χ1v) is 13.7. The van der Waals surface area contributed by atoms with E-state index in [-0.39, 0.29) is 23.9 Å². The summed E-state index contributed by atoms with van der Waals surface area (Å²) in [5.74, 6) is -0.536. The van der Waals surface area contributed by atoms with E-state index in [1.807, 2.05) is 37.3 Å². The van der Waals surface area contributed by atoms with Gasteiger partial charge in [-0.2, -0.15) is 0 Å². The van der Waals surface area contributed by atoms with Crippen LogP contribution in [-0.4, -0.2) is 64.2 Å². The first-order valence-electron chi connectivity index (χ1n) is 11.5. The van der Waals surface area contributed by atoms with Crippen LogP contribution >= 0.6 is 11.6 Å². The Morgan fingerprint density at radius 1 is 1.14 bits per heavy atom. The van der Waals surface area contributed by atoms with Gasteiger partial charge in [0.05, 0.1) is 19.1 Å². The minimum atomic E-state index is -3.88. The predicted molar refractivity (Wildman–Crippen MR) is 139 cm³/mol. The first kappa shape index (κ1) is 28.5. The summed E-state index contributed by atoms with van der Waals surface area (Å²) in [6, 6.07) is 13.3. The molecule has 35 heavy (non-hydrogen) atoms. The minimum Gasteiger partial charge on any atom is -0.495 e. The summed E-state index contributed by atoms with van der Waals surface area (Å²) < 4.78 is 31.7. The number of nitrogens with one attached hydrogen (secondary N) is 1. The van der Waals surface area contributed by atoms with Gasteiger partial charge >= 0.3 is 0 Å². The lowest BCUT2D eigenvalue weighted by Crippen LogP contribution is -2.52. The molecule has 1 N–H and O–H groups in total. The summed E-state index contributed by atoms with van der Waals surface area (Å²) in [5.41, 5.74) is 1.15. The first-order chi connectivity index (χ1) is 16.6. The molecule has 0 radical (unpaired) electrons. The largest absolute Gasteiger partial charge is 0.495 e. The van der Waals surface area contributed by atoms with Gasteiger partial charge in [-0.05, 0) is 43.5 Å². The fraction of sp³-hybridized carbons (Fsp3) is 0.440. The van der Waals surface area contributed by atoms with Crippen LogP contribution in [0.25, 0.3) is 0 Å². The van der Waals surface area contributed by atoms with Gasteiger partial charge in [0.15, 0.2) is 0 Å². The Bertz CT molecular complexity index is 1100. The molecule has 0 spiro atoms. The van der Waals surface area contributed by atoms with Crippen molar-refractivity contribution in [2.45, 2.75) is 39.2 Å². The zero-order valence-corrected chi connectivity index (χ0v) is 22.2. The summed E-state index contributed by atoms with van der Waals surface area (Å²) in [6.07, 6.45) is 3.28. The molecule has 10 heteroatoms. The van der Waals surface area contributed by atoms with E-state index in [2.05, 4.69) is 5.32 Å². The third kappa shape index (κ3) is 8.43. The molecule has 0 aliphatic carbocycles. The average molecular weight is 524 g/mol. The van der Waals surface area contributed by atoms with Gasteiger partial charge < -0.3 is 15.0 Å². The Balaban J connectivity index is 2.34. The maximum Gasteiger partial charge on any atom is 0.244 e. The second kappa shape index (κ2) is 13.3. The van der Waals surface area contributed by atoms with Crippen LogP contribution in [0.3, 0.4) is 0 Å². The number of carbonyl (C=O) groups excluding carboxylic acids is 2. The van der Waals surface area contributed by atoms with Gasteiger partial charge in [-0.25, -0.2) is 8.42 Å². The molecule has 0 aliphatic heterocycles. The molecule has 2 aromatic carbocycles. The Morgan fingerprint density at radius 3 is 2.43 bits per heavy atom. The Kier molecular flexibility index (Phi) is 10.9. The number of halogens is 1. The van der Waals surface area contributed by atoms with Crippen molar-refractivity contribution in [3.05, 3.63) is 59.1 Å². The SMILES string of the molecule is CCCCNC(=O)[C@H](C)N(CCc1ccccc1)C(=O)CN(c1cc(Cl)ccc1OC)S(C)(=O)=O. The quantitative estimate of drug-likeness (QED) is 0.405. The molecular formula is C25H34ClN3O5S. The Morgan fingerprint density at radius 2 is 1.83 bits per heavy atom. The van der Waals surface area contributed by atoms with Crippen molar-refractivity contribution in [3.63, 3.8) is 0 Å². The van der Waals surface area contributed by atoms with Gasteiger partial charge in [0.2, 0.25) is 21.8 Å². The smallest absolute Gasteiger partial charge is 0.244 e. The molecule has 192 valence electrons. The molecule has 0 saturated carbocycles. The normalized spacial score (nSPS) is 12.0. The molecule has 2 aromatic rings. The Hall–Kier alpha value is -2.78. The maximum atomic E-state index is 13.5. The number of hydrogen-bond donors (Lipinski definition) is 1. The predicted octanol–water partition coefficient (Wildman–Crippen LogP) is 3.49. The monoisotopic (exact) mass is 523 g/mol. The van der Waals surface area contributed by atoms with E-state index >= 15 is 0 Å². The second-order valence-corrected chi connectivity index (χ2v) is 10.6. The van der Waals surface area contributed by atoms with E-state index in [0.717, 1.165) is 29.0 Å². The van der Waals surface area contributed by atoms with Gasteiger partial charge in [-0.1, -0.05) is 55.3 Å². The topological polar surface area (TPSA) is 96.0 Å². The van der Waals surface area contributed by atoms with Crippen molar-refractivity contribution in [2.24, 2.45) is 0 Å². The Labute approximate surface area is 213 Å². The van der Waals surface area contributed by atoms with Gasteiger partial charge in [0, 0.05) is 18.1 Å². The summed E-state index contributed by atoms with van der Waals surface area (Å²) in [4.78, 5) is 27.7. The summed E-state index contributed by atoms with van der Waals surface area (Å²) in [7, 11) is -2.47. The number of sulfonamides is 1. The number of benzene rings is 2. The van der Waals surface area contributed by atoms with Crippen molar-refractivity contribution in [2.75, 3.05) is 37.3 Å². The summed E-state index contributed by atoms with van der Waals surface area (Å²) in [5, 5.41) is 3.15. The minimum absolute atomic E-state index is 0.152. The lowest BCUT2D eigenvalue weighted by atomic mass is 10.1. The highest BCUT2D eigenvalue weighted by Gasteiger charge is 2.31. The number of ether oxygens (including phenoxy) is 1. The number of rotatable bonds is 13. The highest BCUT2D eigenvalue weighted by molar-refractivity contribution is 7.92. The van der Waals surface area contributed by atoms with E-state index in [1.165, 1.54) is 24.1 Å². The number of nitrogens with zero attached hydrogens (tertiary/aromatic N) is 2. The lowest BCUT2D eigenvalue weighted by Gasteiger charge is -2.32. The van der Waals surface area contributed by atoms with Gasteiger partial charge in [-0.15, -0.1) is 0 Å². The molecule has 0 aromatic heterocycles. The number of methoxy groups -OCH3 is 1. The molecule has 0 aliphatic rings. The second-order valence-electron chi connectivity index (χ2n) is 8.23. The fourth-order valence-electron chi connectivity index (χ4n) is 3.56. The standard InChI is InChI=1S/C25H34ClN3O5S/c1-5-6-15-27-25(31)19(2)28(16-14-20-10-8-7-9-11-20)24(30)18-29(35(4,32)33)22-17-21(26)12-13-23(22)34-3/h7-13,17,19H,5-6,14-16,18H2,1-4H3,(H,27,31)/t19-/m0/s1. The molecular weight excluding hydrogens is 490 g/mol. The van der Waals surface area contributed by atoms with Gasteiger partial charge in [-0.3, -0.25) is 13.9 Å². The van der Waals surface area contributed by atoms with Crippen molar-refractivity contribution in [1.82, 2.24) is 10.2 Å². The van der Waals surface area contributed by atoms with Crippen molar-refractivity contribution >= 4 is 39.1 Å². The van der Waals surface area contributed by atoms with Crippen LogP contribution in [0.15, 0.2) is 48.5 Å². The molecule has 8 nitrogen and oxygen atoms in total. The molecule has 2 rings (SSSR count). The van der Waals surface area contributed by atoms with E-state index in [0.29, 0.717) is 18.0 Å². The molecule has 0 bridgehead atoms. The van der Waals surface area contributed by atoms with Crippen LogP contribution in [0.5, 0.6) is 5.75 Å². The van der Waals surface area contributed by atoms with E-state index in [4.69, 9.17) is 16.3 Å². The van der Waals surface area contributed by atoms with Crippen molar-refractivity contribution in [3.8, 4) is 5.75 Å². The van der Waals surface area contributed by atoms with E-state index in [1.54, 1.807) is 13.0 Å². The molecule has 0 fully saturated rings. The fourth-order valence-corrected chi connectivity index (χ4v) is 4.57. The molecule has 0 unspecified atom stereocenters. The number of amides is 2. The summed E-state index contributed by atoms with van der Waals surface area (Å²) in [6.45, 7) is 3.92. The van der Waals surface area contributed by atoms with E-state index < -0.39 is 28.5 Å². The maximum absolute atomic E-state index is 13.5. The highest BCUT2D eigenvalue weighted by atomic mass is 35.5. The zero-order valence-electron chi connectivity index (χ0n) is 20.7. The average Bonchev–Trinajstić information content (AvgIpc) is 2.82. The third-order valence-electron chi connectivity index (χ3n) is 5.57. The van der Waals surface area contributed by atoms with Gasteiger partial charge in [0.25, 0.3) is 0 Å². The van der Waals surface area contributed by atoms with Crippen molar-refractivity contribution < 1.29 is 22.7 Å². The van der Waals surface area contributed by atoms with Gasteiger partial charge in [0.1, 0.15) is 18.3 Å². The molecule has 0 saturated heterocycles. The highest BCUT2D eigenvalue weighted by Crippen LogP contribution is 2.32. The van der Waals surface area contributed by atoms with Crippen LogP contribution in [0.1, 0.15) is 32.3 Å².